The number of amides is 1. The zero-order chi connectivity index (χ0) is 13.8. The van der Waals surface area contributed by atoms with Crippen LogP contribution < -0.4 is 11.5 Å². The smallest absolute Gasteiger partial charge is 0.237 e. The lowest BCUT2D eigenvalue weighted by Gasteiger charge is -2.28. The summed E-state index contributed by atoms with van der Waals surface area (Å²) in [5.41, 5.74) is 10.3. The molecule has 0 spiro atoms. The molecule has 0 aromatic rings. The maximum atomic E-state index is 11.1. The third-order valence-electron chi connectivity index (χ3n) is 4.35. The normalized spacial score (nSPS) is 28.2. The molecule has 4 N–H and O–H groups in total. The van der Waals surface area contributed by atoms with Gasteiger partial charge in [0.15, 0.2) is 0 Å². The van der Waals surface area contributed by atoms with Crippen molar-refractivity contribution in [3.8, 4) is 0 Å². The van der Waals surface area contributed by atoms with E-state index in [9.17, 15) is 4.79 Å². The van der Waals surface area contributed by atoms with Crippen molar-refractivity contribution in [1.29, 1.82) is 0 Å². The largest absolute Gasteiger partial charge is 0.368 e. The minimum Gasteiger partial charge on any atom is -0.368 e. The van der Waals surface area contributed by atoms with E-state index >= 15 is 0 Å². The quantitative estimate of drug-likeness (QED) is 0.679. The van der Waals surface area contributed by atoms with E-state index < -0.39 is 11.4 Å². The van der Waals surface area contributed by atoms with Crippen molar-refractivity contribution in [2.75, 3.05) is 6.54 Å². The molecule has 4 nitrogen and oxygen atoms in total. The molecule has 0 radical (unpaired) electrons. The zero-order valence-electron chi connectivity index (χ0n) is 12.1. The van der Waals surface area contributed by atoms with Gasteiger partial charge in [-0.3, -0.25) is 9.69 Å². The lowest BCUT2D eigenvalue weighted by molar-refractivity contribution is -0.122. The Labute approximate surface area is 111 Å². The second-order valence-corrected chi connectivity index (χ2v) is 5.97. The lowest BCUT2D eigenvalue weighted by Crippen LogP contribution is -2.49. The molecule has 3 atom stereocenters. The van der Waals surface area contributed by atoms with Gasteiger partial charge in [-0.15, -0.1) is 0 Å². The number of carbonyl (C=O) groups is 1. The van der Waals surface area contributed by atoms with Gasteiger partial charge >= 0.3 is 0 Å². The van der Waals surface area contributed by atoms with Crippen LogP contribution in [0.1, 0.15) is 59.3 Å². The highest BCUT2D eigenvalue weighted by Crippen LogP contribution is 2.26. The highest BCUT2D eigenvalue weighted by Gasteiger charge is 2.29. The van der Waals surface area contributed by atoms with Gasteiger partial charge in [0.05, 0.1) is 5.54 Å². The first-order valence-corrected chi connectivity index (χ1v) is 7.23. The van der Waals surface area contributed by atoms with Gasteiger partial charge in [0.1, 0.15) is 0 Å². The molecule has 0 saturated carbocycles. The van der Waals surface area contributed by atoms with Crippen LogP contribution in [-0.2, 0) is 4.79 Å². The summed E-state index contributed by atoms with van der Waals surface area (Å²) in [5.74, 6) is -0.400. The number of hydrogen-bond donors (Lipinski definition) is 2. The van der Waals surface area contributed by atoms with Gasteiger partial charge in [-0.1, -0.05) is 6.92 Å². The summed E-state index contributed by atoms with van der Waals surface area (Å²) in [4.78, 5) is 13.7. The molecule has 4 heteroatoms. The Balaban J connectivity index is 2.27. The van der Waals surface area contributed by atoms with E-state index in [1.165, 1.54) is 19.3 Å². The standard InChI is InChI=1S/C14H29N3O/c1-4-12-8-7-11(2)17(12)10-6-5-9-14(3,16)13(15)18/h11-12H,4-10,16H2,1-3H3,(H2,15,18). The van der Waals surface area contributed by atoms with E-state index in [4.69, 9.17) is 11.5 Å². The molecule has 1 saturated heterocycles. The first-order valence-electron chi connectivity index (χ1n) is 7.23. The van der Waals surface area contributed by atoms with Crippen molar-refractivity contribution in [3.05, 3.63) is 0 Å². The highest BCUT2D eigenvalue weighted by atomic mass is 16.1. The molecule has 106 valence electrons. The molecule has 0 aromatic heterocycles. The van der Waals surface area contributed by atoms with Crippen molar-refractivity contribution in [2.24, 2.45) is 11.5 Å². The van der Waals surface area contributed by atoms with Crippen LogP contribution in [-0.4, -0.2) is 35.0 Å². The van der Waals surface area contributed by atoms with Gasteiger partial charge in [0, 0.05) is 12.1 Å². The van der Waals surface area contributed by atoms with E-state index in [0.717, 1.165) is 25.4 Å². The first-order chi connectivity index (χ1) is 8.38. The lowest BCUT2D eigenvalue weighted by atomic mass is 9.95. The molecule has 1 amide bonds. The molecule has 1 aliphatic rings. The van der Waals surface area contributed by atoms with E-state index in [1.807, 2.05) is 0 Å². The zero-order valence-corrected chi connectivity index (χ0v) is 12.1. The van der Waals surface area contributed by atoms with E-state index in [1.54, 1.807) is 6.92 Å². The fourth-order valence-electron chi connectivity index (χ4n) is 2.88. The minimum absolute atomic E-state index is 0.400. The van der Waals surface area contributed by atoms with Crippen molar-refractivity contribution in [3.63, 3.8) is 0 Å². The van der Waals surface area contributed by atoms with Gasteiger partial charge in [-0.2, -0.15) is 0 Å². The Hall–Kier alpha value is -0.610. The summed E-state index contributed by atoms with van der Waals surface area (Å²) >= 11 is 0. The average Bonchev–Trinajstić information content (AvgIpc) is 2.65. The second kappa shape index (κ2) is 6.53. The number of primary amides is 1. The number of rotatable bonds is 7. The molecule has 18 heavy (non-hydrogen) atoms. The average molecular weight is 255 g/mol. The van der Waals surface area contributed by atoms with Crippen LogP contribution in [0.4, 0.5) is 0 Å². The molecule has 1 fully saturated rings. The van der Waals surface area contributed by atoms with E-state index in [0.29, 0.717) is 12.5 Å². The molecule has 0 aliphatic carbocycles. The Kier molecular flexibility index (Phi) is 5.60. The molecule has 1 heterocycles. The second-order valence-electron chi connectivity index (χ2n) is 5.97. The van der Waals surface area contributed by atoms with E-state index in [-0.39, 0.29) is 0 Å². The molecule has 0 aromatic carbocycles. The number of nitrogens with zero attached hydrogens (tertiary/aromatic N) is 1. The van der Waals surface area contributed by atoms with Crippen LogP contribution in [0.5, 0.6) is 0 Å². The third-order valence-corrected chi connectivity index (χ3v) is 4.35. The molecule has 1 aliphatic heterocycles. The molecular formula is C14H29N3O. The number of unbranched alkanes of at least 4 members (excludes halogenated alkanes) is 1. The summed E-state index contributed by atoms with van der Waals surface area (Å²) < 4.78 is 0. The van der Waals surface area contributed by atoms with Crippen molar-refractivity contribution >= 4 is 5.91 Å². The summed E-state index contributed by atoms with van der Waals surface area (Å²) in [5, 5.41) is 0. The molecule has 3 unspecified atom stereocenters. The minimum atomic E-state index is -0.846. The molecular weight excluding hydrogens is 226 g/mol. The fraction of sp³-hybridized carbons (Fsp3) is 0.929. The number of hydrogen-bond acceptors (Lipinski definition) is 3. The Bertz CT molecular complexity index is 278. The highest BCUT2D eigenvalue weighted by molar-refractivity contribution is 5.83. The van der Waals surface area contributed by atoms with Crippen LogP contribution in [0.25, 0.3) is 0 Å². The van der Waals surface area contributed by atoms with Crippen molar-refractivity contribution in [1.82, 2.24) is 4.90 Å². The van der Waals surface area contributed by atoms with Crippen LogP contribution in [0, 0.1) is 0 Å². The fourth-order valence-corrected chi connectivity index (χ4v) is 2.88. The molecule has 1 rings (SSSR count). The van der Waals surface area contributed by atoms with Gasteiger partial charge in [-0.05, 0) is 58.9 Å². The topological polar surface area (TPSA) is 72.3 Å². The molecule has 0 bridgehead atoms. The van der Waals surface area contributed by atoms with Crippen molar-refractivity contribution < 1.29 is 4.79 Å². The van der Waals surface area contributed by atoms with Crippen LogP contribution in [0.15, 0.2) is 0 Å². The van der Waals surface area contributed by atoms with Gasteiger partial charge in [0.2, 0.25) is 5.91 Å². The maximum absolute atomic E-state index is 11.1. The maximum Gasteiger partial charge on any atom is 0.237 e. The summed E-state index contributed by atoms with van der Waals surface area (Å²) in [7, 11) is 0. The summed E-state index contributed by atoms with van der Waals surface area (Å²) in [6.45, 7) is 7.42. The number of carbonyl (C=O) groups excluding carboxylic acids is 1. The van der Waals surface area contributed by atoms with Gasteiger partial charge in [0.25, 0.3) is 0 Å². The van der Waals surface area contributed by atoms with Crippen LogP contribution in [0.2, 0.25) is 0 Å². The Morgan fingerprint density at radius 3 is 2.61 bits per heavy atom. The number of nitrogens with two attached hydrogens (primary N) is 2. The summed E-state index contributed by atoms with van der Waals surface area (Å²) in [6.07, 6.45) is 6.63. The summed E-state index contributed by atoms with van der Waals surface area (Å²) in [6, 6.07) is 1.45. The predicted octanol–water partition coefficient (Wildman–Crippen LogP) is 1.62. The third kappa shape index (κ3) is 3.95. The van der Waals surface area contributed by atoms with Crippen LogP contribution >= 0.6 is 0 Å². The Morgan fingerprint density at radius 2 is 2.06 bits per heavy atom. The first kappa shape index (κ1) is 15.4. The van der Waals surface area contributed by atoms with Crippen molar-refractivity contribution in [2.45, 2.75) is 76.9 Å². The van der Waals surface area contributed by atoms with Gasteiger partial charge < -0.3 is 11.5 Å². The Morgan fingerprint density at radius 1 is 1.39 bits per heavy atom. The van der Waals surface area contributed by atoms with Gasteiger partial charge in [-0.25, -0.2) is 0 Å². The SMILES string of the molecule is CCC1CCC(C)N1CCCCC(C)(N)C(N)=O. The number of likely N-dealkylation sites (tertiary alicyclic amines) is 1. The predicted molar refractivity (Wildman–Crippen MR) is 75.1 cm³/mol. The van der Waals surface area contributed by atoms with Crippen LogP contribution in [0.3, 0.4) is 0 Å². The monoisotopic (exact) mass is 255 g/mol. The van der Waals surface area contributed by atoms with E-state index in [2.05, 4.69) is 18.7 Å².